The molecule has 1 atom stereocenters. The average Bonchev–Trinajstić information content (AvgIpc) is 3.10. The van der Waals surface area contributed by atoms with Crippen LogP contribution in [0, 0.1) is 5.92 Å². The first-order valence-corrected chi connectivity index (χ1v) is 11.0. The van der Waals surface area contributed by atoms with Gasteiger partial charge < -0.3 is 20.3 Å². The molecule has 0 radical (unpaired) electrons. The van der Waals surface area contributed by atoms with Crippen molar-refractivity contribution in [1.82, 2.24) is 15.5 Å². The Kier molecular flexibility index (Phi) is 11.2. The number of nitrogens with zero attached hydrogens (tertiary/aromatic N) is 2. The molecule has 0 aromatic rings. The molecule has 2 rings (SSSR count). The van der Waals surface area contributed by atoms with Gasteiger partial charge in [-0.1, -0.05) is 0 Å². The van der Waals surface area contributed by atoms with Gasteiger partial charge in [0, 0.05) is 38.0 Å². The van der Waals surface area contributed by atoms with Gasteiger partial charge in [0.25, 0.3) is 0 Å². The zero-order valence-electron chi connectivity index (χ0n) is 17.3. The normalized spacial score (nSPS) is 21.6. The molecule has 0 aliphatic carbocycles. The molecule has 8 heteroatoms. The molecule has 6 nitrogen and oxygen atoms in total. The van der Waals surface area contributed by atoms with Crippen LogP contribution in [0.1, 0.15) is 53.4 Å². The van der Waals surface area contributed by atoms with Crippen molar-refractivity contribution < 1.29 is 9.53 Å². The van der Waals surface area contributed by atoms with Crippen LogP contribution in [0.2, 0.25) is 0 Å². The van der Waals surface area contributed by atoms with Crippen LogP contribution in [0.3, 0.4) is 0 Å². The second kappa shape index (κ2) is 12.2. The molecule has 158 valence electrons. The highest BCUT2D eigenvalue weighted by Gasteiger charge is 2.26. The quantitative estimate of drug-likeness (QED) is 0.334. The molecule has 2 aliphatic heterocycles. The summed E-state index contributed by atoms with van der Waals surface area (Å²) in [6.45, 7) is 12.0. The van der Waals surface area contributed by atoms with E-state index in [4.69, 9.17) is 9.73 Å². The summed E-state index contributed by atoms with van der Waals surface area (Å²) < 4.78 is 5.46. The molecule has 2 aliphatic rings. The number of aliphatic imine (C=N–C) groups is 1. The lowest BCUT2D eigenvalue weighted by Crippen LogP contribution is -2.43. The third-order valence-corrected chi connectivity index (χ3v) is 6.04. The van der Waals surface area contributed by atoms with Gasteiger partial charge in [0.15, 0.2) is 5.96 Å². The van der Waals surface area contributed by atoms with Crippen molar-refractivity contribution in [3.8, 4) is 0 Å². The summed E-state index contributed by atoms with van der Waals surface area (Å²) in [5.74, 6) is 2.75. The standard InChI is InChI=1S/C19H36N4O2S.HI/c1-5-20-17(22-14-16-7-6-12-26-16)21-13-15-8-10-23(11-9-15)18(24)25-19(2,3)4;/h15-16H,5-14H2,1-4H3,(H2,20,21,22);1H. The summed E-state index contributed by atoms with van der Waals surface area (Å²) in [7, 11) is 0. The maximum Gasteiger partial charge on any atom is 0.410 e. The predicted octanol–water partition coefficient (Wildman–Crippen LogP) is 3.70. The molecular weight excluding hydrogens is 475 g/mol. The lowest BCUT2D eigenvalue weighted by Gasteiger charge is -2.33. The molecule has 0 spiro atoms. The van der Waals surface area contributed by atoms with Crippen molar-refractivity contribution in [2.24, 2.45) is 10.9 Å². The molecule has 1 amide bonds. The number of ether oxygens (including phenoxy) is 1. The van der Waals surface area contributed by atoms with Gasteiger partial charge in [-0.3, -0.25) is 4.99 Å². The van der Waals surface area contributed by atoms with Gasteiger partial charge in [0.2, 0.25) is 0 Å². The van der Waals surface area contributed by atoms with E-state index in [1.807, 2.05) is 25.7 Å². The van der Waals surface area contributed by atoms with Crippen LogP contribution in [0.5, 0.6) is 0 Å². The number of hydrogen-bond acceptors (Lipinski definition) is 4. The van der Waals surface area contributed by atoms with Crippen molar-refractivity contribution in [3.63, 3.8) is 0 Å². The summed E-state index contributed by atoms with van der Waals surface area (Å²) in [6.07, 6.45) is 4.42. The third kappa shape index (κ3) is 9.58. The fourth-order valence-corrected chi connectivity index (χ4v) is 4.40. The average molecular weight is 513 g/mol. The minimum absolute atomic E-state index is 0. The smallest absolute Gasteiger partial charge is 0.410 e. The fourth-order valence-electron chi connectivity index (χ4n) is 3.20. The van der Waals surface area contributed by atoms with Gasteiger partial charge in [-0.25, -0.2) is 4.79 Å². The zero-order chi connectivity index (χ0) is 19.0. The molecule has 0 aromatic heterocycles. The highest BCUT2D eigenvalue weighted by molar-refractivity contribution is 14.0. The second-order valence-corrected chi connectivity index (χ2v) is 9.55. The number of amides is 1. The molecule has 2 N–H and O–H groups in total. The molecule has 1 unspecified atom stereocenters. The van der Waals surface area contributed by atoms with E-state index in [0.717, 1.165) is 56.8 Å². The minimum atomic E-state index is -0.428. The number of hydrogen-bond donors (Lipinski definition) is 2. The number of thioether (sulfide) groups is 1. The van der Waals surface area contributed by atoms with Crippen molar-refractivity contribution in [2.75, 3.05) is 38.5 Å². The van der Waals surface area contributed by atoms with Crippen molar-refractivity contribution in [2.45, 2.75) is 64.2 Å². The lowest BCUT2D eigenvalue weighted by atomic mass is 9.97. The largest absolute Gasteiger partial charge is 0.444 e. The van der Waals surface area contributed by atoms with E-state index in [1.54, 1.807) is 0 Å². The summed E-state index contributed by atoms with van der Waals surface area (Å²) in [5, 5.41) is 7.55. The SMILES string of the molecule is CCNC(=NCC1CCN(C(=O)OC(C)(C)C)CC1)NCC1CCCS1.I. The Hall–Kier alpha value is -0.380. The number of nitrogens with one attached hydrogen (secondary N) is 2. The lowest BCUT2D eigenvalue weighted by molar-refractivity contribution is 0.0187. The van der Waals surface area contributed by atoms with E-state index in [0.29, 0.717) is 5.92 Å². The number of carbonyl (C=O) groups excluding carboxylic acids is 1. The molecule has 2 saturated heterocycles. The van der Waals surface area contributed by atoms with E-state index < -0.39 is 5.60 Å². The Morgan fingerprint density at radius 3 is 2.48 bits per heavy atom. The third-order valence-electron chi connectivity index (χ3n) is 4.64. The summed E-state index contributed by atoms with van der Waals surface area (Å²) >= 11 is 2.06. The minimum Gasteiger partial charge on any atom is -0.444 e. The van der Waals surface area contributed by atoms with E-state index in [9.17, 15) is 4.79 Å². The van der Waals surface area contributed by atoms with Gasteiger partial charge in [-0.15, -0.1) is 24.0 Å². The molecule has 2 heterocycles. The van der Waals surface area contributed by atoms with E-state index in [-0.39, 0.29) is 30.1 Å². The van der Waals surface area contributed by atoms with Gasteiger partial charge in [0.1, 0.15) is 5.60 Å². The fraction of sp³-hybridized carbons (Fsp3) is 0.895. The number of piperidine rings is 1. The van der Waals surface area contributed by atoms with Crippen molar-refractivity contribution in [3.05, 3.63) is 0 Å². The molecule has 2 fully saturated rings. The highest BCUT2D eigenvalue weighted by atomic mass is 127. The highest BCUT2D eigenvalue weighted by Crippen LogP contribution is 2.25. The Morgan fingerprint density at radius 1 is 1.22 bits per heavy atom. The van der Waals surface area contributed by atoms with Gasteiger partial charge in [0.05, 0.1) is 0 Å². The molecule has 0 saturated carbocycles. The van der Waals surface area contributed by atoms with E-state index in [1.165, 1.54) is 18.6 Å². The number of halogens is 1. The maximum atomic E-state index is 12.1. The predicted molar refractivity (Wildman–Crippen MR) is 125 cm³/mol. The monoisotopic (exact) mass is 512 g/mol. The van der Waals surface area contributed by atoms with Gasteiger partial charge in [-0.2, -0.15) is 11.8 Å². The first kappa shape index (κ1) is 24.7. The van der Waals surface area contributed by atoms with Crippen LogP contribution in [0.15, 0.2) is 4.99 Å². The molecule has 27 heavy (non-hydrogen) atoms. The Labute approximate surface area is 186 Å². The van der Waals surface area contributed by atoms with Crippen molar-refractivity contribution in [1.29, 1.82) is 0 Å². The Balaban J connectivity index is 0.00000364. The van der Waals surface area contributed by atoms with Gasteiger partial charge in [-0.05, 0) is 65.0 Å². The van der Waals surface area contributed by atoms with E-state index >= 15 is 0 Å². The number of rotatable bonds is 5. The van der Waals surface area contributed by atoms with Crippen LogP contribution in [-0.4, -0.2) is 66.3 Å². The number of carbonyl (C=O) groups is 1. The van der Waals surface area contributed by atoms with Crippen LogP contribution < -0.4 is 10.6 Å². The number of likely N-dealkylation sites (tertiary alicyclic amines) is 1. The Bertz CT molecular complexity index is 471. The first-order chi connectivity index (χ1) is 12.4. The van der Waals surface area contributed by atoms with Crippen LogP contribution >= 0.6 is 35.7 Å². The summed E-state index contributed by atoms with van der Waals surface area (Å²) in [5.41, 5.74) is -0.428. The first-order valence-electron chi connectivity index (χ1n) is 9.99. The molecular formula is C19H37IN4O2S. The second-order valence-electron chi connectivity index (χ2n) is 8.15. The summed E-state index contributed by atoms with van der Waals surface area (Å²) in [6, 6.07) is 0. The van der Waals surface area contributed by atoms with E-state index in [2.05, 4.69) is 29.3 Å². The van der Waals surface area contributed by atoms with Crippen molar-refractivity contribution >= 4 is 47.8 Å². The molecule has 0 aromatic carbocycles. The number of guanidine groups is 1. The van der Waals surface area contributed by atoms with Crippen LogP contribution in [0.25, 0.3) is 0 Å². The summed E-state index contributed by atoms with van der Waals surface area (Å²) in [4.78, 5) is 18.7. The topological polar surface area (TPSA) is 66.0 Å². The Morgan fingerprint density at radius 2 is 1.93 bits per heavy atom. The molecule has 0 bridgehead atoms. The zero-order valence-corrected chi connectivity index (χ0v) is 20.4. The van der Waals surface area contributed by atoms with Gasteiger partial charge >= 0.3 is 6.09 Å². The van der Waals surface area contributed by atoms with Crippen LogP contribution in [-0.2, 0) is 4.74 Å². The van der Waals surface area contributed by atoms with Crippen LogP contribution in [0.4, 0.5) is 4.79 Å². The maximum absolute atomic E-state index is 12.1.